The zero-order valence-electron chi connectivity index (χ0n) is 14.9. The normalized spacial score (nSPS) is 10.8. The van der Waals surface area contributed by atoms with Gasteiger partial charge in [0.25, 0.3) is 11.2 Å². The summed E-state index contributed by atoms with van der Waals surface area (Å²) >= 11 is 1.42. The third-order valence-electron chi connectivity index (χ3n) is 4.25. The Morgan fingerprint density at radius 3 is 2.55 bits per heavy atom. The summed E-state index contributed by atoms with van der Waals surface area (Å²) in [5.41, 5.74) is 1.04. The molecule has 0 saturated carbocycles. The number of non-ortho nitro benzene ring substituents is 1. The zero-order chi connectivity index (χ0) is 20.4. The summed E-state index contributed by atoms with van der Waals surface area (Å²) in [5, 5.41) is 13.8. The highest BCUT2D eigenvalue weighted by Crippen LogP contribution is 2.30. The molecule has 0 atom stereocenters. The van der Waals surface area contributed by atoms with Gasteiger partial charge in [-0.15, -0.1) is 11.3 Å². The number of thiophene rings is 1. The average Bonchev–Trinajstić information content (AvgIpc) is 3.16. The van der Waals surface area contributed by atoms with Gasteiger partial charge in [0.2, 0.25) is 5.91 Å². The van der Waals surface area contributed by atoms with Gasteiger partial charge in [0, 0.05) is 22.7 Å². The Morgan fingerprint density at radius 1 is 1.14 bits per heavy atom. The number of nitro benzene ring substituents is 1. The minimum Gasteiger partial charge on any atom is -0.325 e. The first-order valence-electron chi connectivity index (χ1n) is 8.60. The van der Waals surface area contributed by atoms with Crippen LogP contribution in [-0.4, -0.2) is 20.4 Å². The van der Waals surface area contributed by atoms with Gasteiger partial charge in [0.05, 0.1) is 16.6 Å². The molecule has 4 aromatic rings. The Hall–Kier alpha value is -3.85. The molecule has 0 fully saturated rings. The topological polar surface area (TPSA) is 107 Å². The van der Waals surface area contributed by atoms with E-state index >= 15 is 0 Å². The maximum absolute atomic E-state index is 12.8. The number of hydrogen-bond donors (Lipinski definition) is 1. The molecule has 9 heteroatoms. The molecule has 8 nitrogen and oxygen atoms in total. The fraction of sp³-hybridized carbons (Fsp3) is 0.0500. The molecule has 4 rings (SSSR count). The first kappa shape index (κ1) is 18.5. The first-order chi connectivity index (χ1) is 14.0. The average molecular weight is 406 g/mol. The number of fused-ring (bicyclic) bond motifs is 1. The van der Waals surface area contributed by atoms with E-state index in [-0.39, 0.29) is 17.8 Å². The fourth-order valence-electron chi connectivity index (χ4n) is 2.84. The minimum atomic E-state index is -0.517. The van der Waals surface area contributed by atoms with Crippen LogP contribution in [0.15, 0.2) is 71.8 Å². The lowest BCUT2D eigenvalue weighted by molar-refractivity contribution is -0.384. The number of rotatable bonds is 5. The molecule has 2 aromatic carbocycles. The smallest absolute Gasteiger partial charge is 0.269 e. The van der Waals surface area contributed by atoms with Crippen LogP contribution in [0.2, 0.25) is 0 Å². The molecule has 0 bridgehead atoms. The minimum absolute atomic E-state index is 0.0689. The molecule has 0 aliphatic rings. The maximum atomic E-state index is 12.8. The molecule has 29 heavy (non-hydrogen) atoms. The second-order valence-electron chi connectivity index (χ2n) is 6.23. The van der Waals surface area contributed by atoms with E-state index in [1.54, 1.807) is 6.07 Å². The van der Waals surface area contributed by atoms with Crippen LogP contribution in [0.5, 0.6) is 0 Å². The van der Waals surface area contributed by atoms with Gasteiger partial charge in [-0.2, -0.15) is 0 Å². The van der Waals surface area contributed by atoms with Gasteiger partial charge in [0.15, 0.2) is 0 Å². The van der Waals surface area contributed by atoms with E-state index in [0.717, 1.165) is 10.4 Å². The van der Waals surface area contributed by atoms with E-state index in [2.05, 4.69) is 10.3 Å². The van der Waals surface area contributed by atoms with E-state index in [0.29, 0.717) is 15.9 Å². The summed E-state index contributed by atoms with van der Waals surface area (Å²) in [7, 11) is 0. The molecular formula is C20H14N4O4S. The van der Waals surface area contributed by atoms with Crippen LogP contribution in [0.3, 0.4) is 0 Å². The standard InChI is InChI=1S/C20H14N4O4S/c25-18(22-14-6-8-15(9-7-14)24(27)28)11-23-12-21-19-16(20(23)26)10-17(29-19)13-4-2-1-3-5-13/h1-10,12H,11H2,(H,22,25). The SMILES string of the molecule is O=C(Cn1cnc2sc(-c3ccccc3)cc2c1=O)Nc1ccc([N+](=O)[O-])cc1. The highest BCUT2D eigenvalue weighted by Gasteiger charge is 2.13. The van der Waals surface area contributed by atoms with Crippen molar-refractivity contribution >= 4 is 38.8 Å². The highest BCUT2D eigenvalue weighted by atomic mass is 32.1. The number of anilines is 1. The van der Waals surface area contributed by atoms with E-state index < -0.39 is 10.8 Å². The van der Waals surface area contributed by atoms with Crippen molar-refractivity contribution in [1.29, 1.82) is 0 Å². The Balaban J connectivity index is 1.54. The number of aromatic nitrogens is 2. The highest BCUT2D eigenvalue weighted by molar-refractivity contribution is 7.21. The predicted octanol–water partition coefficient (Wildman–Crippen LogP) is 3.67. The van der Waals surface area contributed by atoms with Crippen LogP contribution in [0.1, 0.15) is 0 Å². The van der Waals surface area contributed by atoms with Gasteiger partial charge < -0.3 is 5.32 Å². The molecule has 1 N–H and O–H groups in total. The monoisotopic (exact) mass is 406 g/mol. The lowest BCUT2D eigenvalue weighted by Gasteiger charge is -2.07. The quantitative estimate of drug-likeness (QED) is 0.402. The second kappa shape index (κ2) is 7.64. The second-order valence-corrected chi connectivity index (χ2v) is 7.26. The molecule has 1 amide bonds. The van der Waals surface area contributed by atoms with Gasteiger partial charge in [0.1, 0.15) is 11.4 Å². The van der Waals surface area contributed by atoms with Crippen molar-refractivity contribution in [2.75, 3.05) is 5.32 Å². The molecule has 0 aliphatic heterocycles. The third-order valence-corrected chi connectivity index (χ3v) is 5.34. The van der Waals surface area contributed by atoms with Gasteiger partial charge >= 0.3 is 0 Å². The summed E-state index contributed by atoms with van der Waals surface area (Å²) in [4.78, 5) is 41.1. The van der Waals surface area contributed by atoms with Crippen LogP contribution in [0.4, 0.5) is 11.4 Å². The largest absolute Gasteiger partial charge is 0.325 e. The van der Waals surface area contributed by atoms with Gasteiger partial charge in [-0.25, -0.2) is 4.98 Å². The van der Waals surface area contributed by atoms with Crippen LogP contribution in [0, 0.1) is 10.1 Å². The van der Waals surface area contributed by atoms with Crippen molar-refractivity contribution in [1.82, 2.24) is 9.55 Å². The van der Waals surface area contributed by atoms with Gasteiger partial charge in [-0.1, -0.05) is 30.3 Å². The van der Waals surface area contributed by atoms with Crippen LogP contribution in [0.25, 0.3) is 20.7 Å². The van der Waals surface area contributed by atoms with E-state index in [9.17, 15) is 19.7 Å². The number of amides is 1. The van der Waals surface area contributed by atoms with Crippen LogP contribution < -0.4 is 10.9 Å². The summed E-state index contributed by atoms with van der Waals surface area (Å²) in [6, 6.07) is 16.9. The molecule has 144 valence electrons. The number of nitrogens with zero attached hydrogens (tertiary/aromatic N) is 3. The summed E-state index contributed by atoms with van der Waals surface area (Å²) in [6.07, 6.45) is 1.35. The molecular weight excluding hydrogens is 392 g/mol. The van der Waals surface area contributed by atoms with Gasteiger partial charge in [-0.05, 0) is 23.8 Å². The van der Waals surface area contributed by atoms with Crippen molar-refractivity contribution in [3.8, 4) is 10.4 Å². The van der Waals surface area contributed by atoms with Crippen LogP contribution in [-0.2, 0) is 11.3 Å². The molecule has 0 spiro atoms. The Morgan fingerprint density at radius 2 is 1.86 bits per heavy atom. The number of hydrogen-bond acceptors (Lipinski definition) is 6. The number of nitrogens with one attached hydrogen (secondary N) is 1. The number of carbonyl (C=O) groups is 1. The Labute approximate surface area is 168 Å². The molecule has 2 aromatic heterocycles. The number of carbonyl (C=O) groups excluding carboxylic acids is 1. The van der Waals surface area contributed by atoms with Crippen molar-refractivity contribution < 1.29 is 9.72 Å². The molecule has 2 heterocycles. The van der Waals surface area contributed by atoms with Crippen molar-refractivity contribution in [3.63, 3.8) is 0 Å². The van der Waals surface area contributed by atoms with Crippen molar-refractivity contribution in [2.24, 2.45) is 0 Å². The zero-order valence-corrected chi connectivity index (χ0v) is 15.8. The van der Waals surface area contributed by atoms with E-state index in [4.69, 9.17) is 0 Å². The maximum Gasteiger partial charge on any atom is 0.269 e. The van der Waals surface area contributed by atoms with E-state index in [1.165, 1.54) is 46.5 Å². The fourth-order valence-corrected chi connectivity index (χ4v) is 3.83. The lowest BCUT2D eigenvalue weighted by atomic mass is 10.2. The van der Waals surface area contributed by atoms with Crippen molar-refractivity contribution in [2.45, 2.75) is 6.54 Å². The Kier molecular flexibility index (Phi) is 4.88. The number of nitro groups is 1. The van der Waals surface area contributed by atoms with Gasteiger partial charge in [-0.3, -0.25) is 24.3 Å². The summed E-state index contributed by atoms with van der Waals surface area (Å²) < 4.78 is 1.24. The number of benzene rings is 2. The first-order valence-corrected chi connectivity index (χ1v) is 9.41. The lowest BCUT2D eigenvalue weighted by Crippen LogP contribution is -2.27. The molecule has 0 aliphatic carbocycles. The molecule has 0 radical (unpaired) electrons. The molecule has 0 saturated heterocycles. The van der Waals surface area contributed by atoms with Crippen LogP contribution >= 0.6 is 11.3 Å². The third kappa shape index (κ3) is 3.90. The summed E-state index contributed by atoms with van der Waals surface area (Å²) in [6.45, 7) is -0.213. The van der Waals surface area contributed by atoms with Crippen molar-refractivity contribution in [3.05, 3.63) is 87.5 Å². The Bertz CT molecular complexity index is 1260. The van der Waals surface area contributed by atoms with E-state index in [1.807, 2.05) is 30.3 Å². The molecule has 0 unspecified atom stereocenters. The predicted molar refractivity (Wildman–Crippen MR) is 111 cm³/mol. The summed E-state index contributed by atoms with van der Waals surface area (Å²) in [5.74, 6) is -0.430.